The average molecular weight is 481 g/mol. The van der Waals surface area contributed by atoms with Crippen LogP contribution in [0.5, 0.6) is 17.8 Å². The molecule has 9 nitrogen and oxygen atoms in total. The fourth-order valence-electron chi connectivity index (χ4n) is 4.58. The van der Waals surface area contributed by atoms with E-state index in [0.29, 0.717) is 16.3 Å². The largest absolute Gasteiger partial charge is 0.481 e. The van der Waals surface area contributed by atoms with Crippen LogP contribution in [0.4, 0.5) is 5.69 Å². The summed E-state index contributed by atoms with van der Waals surface area (Å²) >= 11 is 6.42. The van der Waals surface area contributed by atoms with Crippen molar-refractivity contribution in [3.05, 3.63) is 70.7 Å². The van der Waals surface area contributed by atoms with Crippen molar-refractivity contribution in [2.24, 2.45) is 0 Å². The van der Waals surface area contributed by atoms with Crippen LogP contribution in [0.2, 0.25) is 5.02 Å². The van der Waals surface area contributed by atoms with Crippen LogP contribution in [-0.2, 0) is 15.1 Å². The third kappa shape index (κ3) is 3.15. The SMILES string of the molecule is COc1cc(OC)nc(OC2C(=O)N3CC(=O)N(C)c4ccc(Cl)cc4C23c2ccccc2)n1. The summed E-state index contributed by atoms with van der Waals surface area (Å²) in [6.45, 7) is -0.126. The molecular weight excluding hydrogens is 460 g/mol. The number of nitrogens with zero attached hydrogens (tertiary/aromatic N) is 4. The van der Waals surface area contributed by atoms with Gasteiger partial charge in [0, 0.05) is 23.3 Å². The van der Waals surface area contributed by atoms with E-state index in [-0.39, 0.29) is 36.1 Å². The van der Waals surface area contributed by atoms with E-state index in [2.05, 4.69) is 9.97 Å². The summed E-state index contributed by atoms with van der Waals surface area (Å²) in [4.78, 5) is 38.0. The van der Waals surface area contributed by atoms with Gasteiger partial charge in [0.2, 0.25) is 23.8 Å². The van der Waals surface area contributed by atoms with Gasteiger partial charge in [0.15, 0.2) is 0 Å². The summed E-state index contributed by atoms with van der Waals surface area (Å²) in [5, 5.41) is 0.467. The molecule has 34 heavy (non-hydrogen) atoms. The molecule has 2 aromatic carbocycles. The van der Waals surface area contributed by atoms with Gasteiger partial charge in [-0.1, -0.05) is 41.9 Å². The molecule has 0 aliphatic carbocycles. The molecule has 2 aliphatic rings. The number of methoxy groups -OCH3 is 2. The lowest BCUT2D eigenvalue weighted by Gasteiger charge is -2.55. The Hall–Kier alpha value is -3.85. The molecule has 2 atom stereocenters. The van der Waals surface area contributed by atoms with Gasteiger partial charge in [0.1, 0.15) is 12.1 Å². The number of carbonyl (C=O) groups is 2. The number of hydrogen-bond acceptors (Lipinski definition) is 7. The van der Waals surface area contributed by atoms with Gasteiger partial charge in [0.05, 0.1) is 20.3 Å². The van der Waals surface area contributed by atoms with Crippen molar-refractivity contribution < 1.29 is 23.8 Å². The summed E-state index contributed by atoms with van der Waals surface area (Å²) in [6.07, 6.45) is -1.07. The Morgan fingerprint density at radius 2 is 1.68 bits per heavy atom. The van der Waals surface area contributed by atoms with E-state index in [1.807, 2.05) is 30.3 Å². The number of anilines is 1. The minimum absolute atomic E-state index is 0.0861. The molecule has 1 fully saturated rings. The highest BCUT2D eigenvalue weighted by atomic mass is 35.5. The minimum atomic E-state index is -1.14. The highest BCUT2D eigenvalue weighted by Gasteiger charge is 2.66. The second-order valence-corrected chi connectivity index (χ2v) is 8.34. The van der Waals surface area contributed by atoms with E-state index in [0.717, 1.165) is 5.56 Å². The van der Waals surface area contributed by atoms with Gasteiger partial charge in [0.25, 0.3) is 5.91 Å². The van der Waals surface area contributed by atoms with Crippen molar-refractivity contribution in [1.29, 1.82) is 0 Å². The van der Waals surface area contributed by atoms with Crippen molar-refractivity contribution in [2.75, 3.05) is 32.7 Å². The molecular formula is C24H21ClN4O5. The minimum Gasteiger partial charge on any atom is -0.481 e. The molecule has 0 radical (unpaired) electrons. The van der Waals surface area contributed by atoms with E-state index >= 15 is 0 Å². The zero-order chi connectivity index (χ0) is 24.0. The van der Waals surface area contributed by atoms with Crippen LogP contribution < -0.4 is 19.1 Å². The van der Waals surface area contributed by atoms with Crippen molar-refractivity contribution >= 4 is 29.1 Å². The number of hydrogen-bond donors (Lipinski definition) is 0. The maximum absolute atomic E-state index is 13.5. The Balaban J connectivity index is 1.73. The van der Waals surface area contributed by atoms with Gasteiger partial charge in [-0.3, -0.25) is 9.59 Å². The number of fused-ring (bicyclic) bond motifs is 3. The number of carbonyl (C=O) groups excluding carboxylic acids is 2. The van der Waals surface area contributed by atoms with Gasteiger partial charge in [-0.05, 0) is 23.8 Å². The number of benzene rings is 2. The molecule has 3 heterocycles. The molecule has 3 aromatic rings. The van der Waals surface area contributed by atoms with Crippen LogP contribution in [0.25, 0.3) is 0 Å². The first kappa shape index (κ1) is 22.0. The Morgan fingerprint density at radius 1 is 1.00 bits per heavy atom. The normalized spacial score (nSPS) is 21.2. The second-order valence-electron chi connectivity index (χ2n) is 7.90. The van der Waals surface area contributed by atoms with Crippen LogP contribution in [0.3, 0.4) is 0 Å². The number of aromatic nitrogens is 2. The molecule has 2 unspecified atom stereocenters. The average Bonchev–Trinajstić information content (AvgIpc) is 2.94. The monoisotopic (exact) mass is 480 g/mol. The van der Waals surface area contributed by atoms with Gasteiger partial charge < -0.3 is 24.0 Å². The van der Waals surface area contributed by atoms with Gasteiger partial charge >= 0.3 is 6.01 Å². The number of β-lactam (4-membered cyclic amide) rings is 1. The maximum Gasteiger partial charge on any atom is 0.323 e. The first-order chi connectivity index (χ1) is 16.4. The summed E-state index contributed by atoms with van der Waals surface area (Å²) in [7, 11) is 4.59. The standard InChI is InChI=1S/C24H21ClN4O5/c1-28-17-10-9-15(25)11-16(17)24(14-7-5-4-6-8-14)21(22(31)29(24)13-20(28)30)34-23-26-18(32-2)12-19(27-23)33-3/h4-12,21H,13H2,1-3H3. The highest BCUT2D eigenvalue weighted by Crippen LogP contribution is 2.53. The molecule has 0 spiro atoms. The van der Waals surface area contributed by atoms with E-state index in [4.69, 9.17) is 25.8 Å². The third-order valence-electron chi connectivity index (χ3n) is 6.21. The molecule has 0 saturated carbocycles. The molecule has 10 heteroatoms. The lowest BCUT2D eigenvalue weighted by Crippen LogP contribution is -2.74. The Labute approximate surface area is 200 Å². The molecule has 0 N–H and O–H groups in total. The third-order valence-corrected chi connectivity index (χ3v) is 6.44. The number of likely N-dealkylation sites (N-methyl/N-ethyl adjacent to an activating group) is 1. The number of rotatable bonds is 5. The lowest BCUT2D eigenvalue weighted by atomic mass is 9.69. The van der Waals surface area contributed by atoms with E-state index in [1.54, 1.807) is 25.2 Å². The quantitative estimate of drug-likeness (QED) is 0.518. The zero-order valence-corrected chi connectivity index (χ0v) is 19.4. The molecule has 5 rings (SSSR count). The van der Waals surface area contributed by atoms with Crippen molar-refractivity contribution in [3.8, 4) is 17.8 Å². The van der Waals surface area contributed by atoms with Gasteiger partial charge in [-0.15, -0.1) is 0 Å². The van der Waals surface area contributed by atoms with Gasteiger partial charge in [-0.2, -0.15) is 9.97 Å². The number of ether oxygens (including phenoxy) is 3. The predicted octanol–water partition coefficient (Wildman–Crippen LogP) is 2.66. The fourth-order valence-corrected chi connectivity index (χ4v) is 4.75. The van der Waals surface area contributed by atoms with E-state index < -0.39 is 11.6 Å². The van der Waals surface area contributed by atoms with E-state index in [1.165, 1.54) is 30.1 Å². The maximum atomic E-state index is 13.5. The topological polar surface area (TPSA) is 94.1 Å². The highest BCUT2D eigenvalue weighted by molar-refractivity contribution is 6.30. The zero-order valence-electron chi connectivity index (χ0n) is 18.7. The van der Waals surface area contributed by atoms with Crippen LogP contribution in [-0.4, -0.2) is 60.6 Å². The van der Waals surface area contributed by atoms with Crippen molar-refractivity contribution in [1.82, 2.24) is 14.9 Å². The Bertz CT molecular complexity index is 1270. The Morgan fingerprint density at radius 3 is 2.32 bits per heavy atom. The summed E-state index contributed by atoms with van der Waals surface area (Å²) in [6, 6.07) is 16.1. The summed E-state index contributed by atoms with van der Waals surface area (Å²) < 4.78 is 16.6. The predicted molar refractivity (Wildman–Crippen MR) is 123 cm³/mol. The smallest absolute Gasteiger partial charge is 0.323 e. The van der Waals surface area contributed by atoms with Crippen molar-refractivity contribution in [2.45, 2.75) is 11.6 Å². The van der Waals surface area contributed by atoms with Gasteiger partial charge in [-0.25, -0.2) is 0 Å². The second kappa shape index (κ2) is 8.18. The van der Waals surface area contributed by atoms with Crippen LogP contribution in [0.15, 0.2) is 54.6 Å². The van der Waals surface area contributed by atoms with E-state index in [9.17, 15) is 9.59 Å². The molecule has 1 aromatic heterocycles. The summed E-state index contributed by atoms with van der Waals surface area (Å²) in [5.74, 6) is -0.159. The van der Waals surface area contributed by atoms with Crippen LogP contribution in [0, 0.1) is 0 Å². The molecule has 174 valence electrons. The molecule has 2 aliphatic heterocycles. The first-order valence-corrected chi connectivity index (χ1v) is 10.8. The molecule has 2 amide bonds. The number of amides is 2. The Kier molecular flexibility index (Phi) is 5.28. The van der Waals surface area contributed by atoms with Crippen molar-refractivity contribution in [3.63, 3.8) is 0 Å². The molecule has 0 bridgehead atoms. The number of halogens is 1. The lowest BCUT2D eigenvalue weighted by molar-refractivity contribution is -0.178. The summed E-state index contributed by atoms with van der Waals surface area (Å²) in [5.41, 5.74) is 0.921. The fraction of sp³-hybridized carbons (Fsp3) is 0.250. The molecule has 1 saturated heterocycles. The first-order valence-electron chi connectivity index (χ1n) is 10.5. The van der Waals surface area contributed by atoms with Crippen LogP contribution >= 0.6 is 11.6 Å². The van der Waals surface area contributed by atoms with Crippen LogP contribution in [0.1, 0.15) is 11.1 Å².